The standard InChI is InChI=1S/C32H44BrN3O4S/c1-8-15-34(21-13-11-10-12-14-21)28(38)24-25-29(39)36(22(19-37)17-20(3)4)27(32(25)18-23(33)26(24)41-32)30(40)35(16-9-2)31(5,6)7/h8-14,20,22-27,37H,1-2,15-19H2,3-7H3/t22-,23?,24-,25+,26-,27?,32?/m1/s1. The highest BCUT2D eigenvalue weighted by Gasteiger charge is 2.76. The third kappa shape index (κ3) is 5.54. The van der Waals surface area contributed by atoms with Crippen LogP contribution in [0.25, 0.3) is 0 Å². The van der Waals surface area contributed by atoms with E-state index in [4.69, 9.17) is 0 Å². The van der Waals surface area contributed by atoms with E-state index in [-0.39, 0.29) is 40.3 Å². The van der Waals surface area contributed by atoms with Crippen molar-refractivity contribution >= 4 is 51.1 Å². The first-order valence-electron chi connectivity index (χ1n) is 14.5. The Morgan fingerprint density at radius 3 is 2.34 bits per heavy atom. The minimum atomic E-state index is -0.799. The molecular formula is C32H44BrN3O4S. The van der Waals surface area contributed by atoms with Gasteiger partial charge in [0.05, 0.1) is 29.2 Å². The van der Waals surface area contributed by atoms with Crippen LogP contribution in [-0.4, -0.2) is 84.8 Å². The van der Waals surface area contributed by atoms with Gasteiger partial charge in [0.25, 0.3) is 0 Å². The lowest BCUT2D eigenvalue weighted by Gasteiger charge is -2.44. The number of nitrogens with zero attached hydrogens (tertiary/aromatic N) is 3. The average molecular weight is 647 g/mol. The topological polar surface area (TPSA) is 81.2 Å². The number of thioether (sulfide) groups is 1. The molecular weight excluding hydrogens is 602 g/mol. The number of alkyl halides is 1. The second kappa shape index (κ2) is 12.3. The zero-order valence-electron chi connectivity index (χ0n) is 24.8. The van der Waals surface area contributed by atoms with Crippen LogP contribution in [0, 0.1) is 17.8 Å². The lowest BCUT2D eigenvalue weighted by atomic mass is 9.70. The summed E-state index contributed by atoms with van der Waals surface area (Å²) in [6.45, 7) is 18.2. The van der Waals surface area contributed by atoms with Crippen molar-refractivity contribution in [3.8, 4) is 0 Å². The number of halogens is 1. The molecule has 0 aromatic heterocycles. The highest BCUT2D eigenvalue weighted by Crippen LogP contribution is 2.68. The summed E-state index contributed by atoms with van der Waals surface area (Å²) in [5.74, 6) is -1.57. The number of amides is 3. The van der Waals surface area contributed by atoms with Crippen LogP contribution in [0.1, 0.15) is 47.5 Å². The van der Waals surface area contributed by atoms with E-state index in [1.165, 1.54) is 0 Å². The Bertz CT molecular complexity index is 1170. The summed E-state index contributed by atoms with van der Waals surface area (Å²) in [5, 5.41) is 10.4. The smallest absolute Gasteiger partial charge is 0.247 e. The Labute approximate surface area is 257 Å². The first-order valence-corrected chi connectivity index (χ1v) is 16.3. The molecule has 3 amide bonds. The van der Waals surface area contributed by atoms with Crippen molar-refractivity contribution in [2.45, 2.75) is 79.9 Å². The third-order valence-electron chi connectivity index (χ3n) is 8.63. The summed E-state index contributed by atoms with van der Waals surface area (Å²) in [7, 11) is 0. The van der Waals surface area contributed by atoms with Crippen LogP contribution in [0.3, 0.4) is 0 Å². The molecule has 1 aromatic rings. The van der Waals surface area contributed by atoms with Crippen LogP contribution in [0.4, 0.5) is 5.69 Å². The maximum absolute atomic E-state index is 14.7. The van der Waals surface area contributed by atoms with Crippen molar-refractivity contribution in [3.63, 3.8) is 0 Å². The summed E-state index contributed by atoms with van der Waals surface area (Å²) in [6.07, 6.45) is 4.56. The normalized spacial score (nSPS) is 29.4. The fourth-order valence-corrected chi connectivity index (χ4v) is 10.6. The van der Waals surface area contributed by atoms with E-state index >= 15 is 0 Å². The van der Waals surface area contributed by atoms with E-state index in [0.29, 0.717) is 25.9 Å². The van der Waals surface area contributed by atoms with Crippen LogP contribution < -0.4 is 4.90 Å². The fraction of sp³-hybridized carbons (Fsp3) is 0.594. The van der Waals surface area contributed by atoms with Gasteiger partial charge in [-0.25, -0.2) is 0 Å². The second-order valence-corrected chi connectivity index (χ2v) is 15.6. The summed E-state index contributed by atoms with van der Waals surface area (Å²) >= 11 is 5.49. The van der Waals surface area contributed by atoms with E-state index in [9.17, 15) is 19.5 Å². The van der Waals surface area contributed by atoms with E-state index in [2.05, 4.69) is 29.1 Å². The van der Waals surface area contributed by atoms with Gasteiger partial charge in [-0.2, -0.15) is 0 Å². The van der Waals surface area contributed by atoms with E-state index in [1.54, 1.807) is 38.6 Å². The van der Waals surface area contributed by atoms with Crippen LogP contribution in [0.5, 0.6) is 0 Å². The predicted octanol–water partition coefficient (Wildman–Crippen LogP) is 4.89. The highest BCUT2D eigenvalue weighted by molar-refractivity contribution is 9.09. The van der Waals surface area contributed by atoms with E-state index < -0.39 is 34.2 Å². The molecule has 4 rings (SSSR count). The van der Waals surface area contributed by atoms with Gasteiger partial charge < -0.3 is 19.8 Å². The van der Waals surface area contributed by atoms with Crippen molar-refractivity contribution in [2.24, 2.45) is 17.8 Å². The number of carbonyl (C=O) groups is 3. The lowest BCUT2D eigenvalue weighted by Crippen LogP contribution is -2.61. The molecule has 1 aromatic carbocycles. The molecule has 3 unspecified atom stereocenters. The van der Waals surface area contributed by atoms with Crippen molar-refractivity contribution in [2.75, 3.05) is 24.6 Å². The molecule has 3 heterocycles. The largest absolute Gasteiger partial charge is 0.394 e. The summed E-state index contributed by atoms with van der Waals surface area (Å²) in [4.78, 5) is 48.9. The average Bonchev–Trinajstić information content (AvgIpc) is 3.51. The number of hydrogen-bond acceptors (Lipinski definition) is 5. The van der Waals surface area contributed by atoms with E-state index in [0.717, 1.165) is 5.69 Å². The molecule has 9 heteroatoms. The molecule has 1 spiro atoms. The molecule has 3 aliphatic heterocycles. The molecule has 7 atom stereocenters. The number of carbonyl (C=O) groups excluding carboxylic acids is 3. The van der Waals surface area contributed by atoms with Gasteiger partial charge in [0, 0.05) is 34.4 Å². The van der Waals surface area contributed by atoms with Crippen molar-refractivity contribution < 1.29 is 19.5 Å². The monoisotopic (exact) mass is 645 g/mol. The number of aliphatic hydroxyl groups excluding tert-OH is 1. The van der Waals surface area contributed by atoms with Crippen LogP contribution in [0.15, 0.2) is 55.6 Å². The fourth-order valence-electron chi connectivity index (χ4n) is 7.05. The number of rotatable bonds is 11. The highest BCUT2D eigenvalue weighted by atomic mass is 79.9. The van der Waals surface area contributed by atoms with Gasteiger partial charge in [-0.3, -0.25) is 14.4 Å². The van der Waals surface area contributed by atoms with E-state index in [1.807, 2.05) is 65.0 Å². The molecule has 3 fully saturated rings. The predicted molar refractivity (Wildman–Crippen MR) is 170 cm³/mol. The summed E-state index contributed by atoms with van der Waals surface area (Å²) in [5.41, 5.74) is 0.234. The molecule has 1 N–H and O–H groups in total. The minimum absolute atomic E-state index is 0.0396. The Morgan fingerprint density at radius 2 is 1.80 bits per heavy atom. The van der Waals surface area contributed by atoms with Gasteiger partial charge in [-0.05, 0) is 51.7 Å². The van der Waals surface area contributed by atoms with Crippen molar-refractivity contribution in [3.05, 3.63) is 55.6 Å². The number of likely N-dealkylation sites (tertiary alicyclic amines) is 1. The zero-order valence-corrected chi connectivity index (χ0v) is 27.2. The number of aliphatic hydroxyl groups is 1. The first kappa shape index (κ1) is 31.8. The van der Waals surface area contributed by atoms with Gasteiger partial charge in [0.15, 0.2) is 0 Å². The maximum atomic E-state index is 14.7. The molecule has 7 nitrogen and oxygen atoms in total. The van der Waals surface area contributed by atoms with Crippen molar-refractivity contribution in [1.29, 1.82) is 0 Å². The van der Waals surface area contributed by atoms with Crippen molar-refractivity contribution in [1.82, 2.24) is 9.80 Å². The van der Waals surface area contributed by atoms with Gasteiger partial charge >= 0.3 is 0 Å². The number of fused-ring (bicyclic) bond motifs is 1. The molecule has 41 heavy (non-hydrogen) atoms. The minimum Gasteiger partial charge on any atom is -0.394 e. The number of para-hydroxylation sites is 1. The van der Waals surface area contributed by atoms with Gasteiger partial charge in [0.1, 0.15) is 6.04 Å². The molecule has 0 aliphatic carbocycles. The quantitative estimate of drug-likeness (QED) is 0.274. The molecule has 0 radical (unpaired) electrons. The first-order chi connectivity index (χ1) is 19.3. The molecule has 3 saturated heterocycles. The van der Waals surface area contributed by atoms with Crippen LogP contribution in [0.2, 0.25) is 0 Å². The van der Waals surface area contributed by atoms with Crippen LogP contribution in [-0.2, 0) is 14.4 Å². The zero-order chi connectivity index (χ0) is 30.3. The SMILES string of the molecule is C=CCN(C(=O)[C@H]1[C@@H]2SC3(CC2Br)C(C(=O)N(CC=C)C(C)(C)C)N([C@@H](CO)CC(C)C)C(=O)[C@H]13)c1ccccc1. The van der Waals surface area contributed by atoms with Crippen LogP contribution >= 0.6 is 27.7 Å². The Morgan fingerprint density at radius 1 is 1.17 bits per heavy atom. The third-order valence-corrected chi connectivity index (χ3v) is 11.8. The van der Waals surface area contributed by atoms with Gasteiger partial charge in [0.2, 0.25) is 17.7 Å². The Kier molecular flexibility index (Phi) is 9.51. The van der Waals surface area contributed by atoms with Gasteiger partial charge in [-0.15, -0.1) is 24.9 Å². The number of hydrogen-bond donors (Lipinski definition) is 1. The molecule has 0 saturated carbocycles. The van der Waals surface area contributed by atoms with Gasteiger partial charge in [-0.1, -0.05) is 60.1 Å². The summed E-state index contributed by atoms with van der Waals surface area (Å²) < 4.78 is -0.793. The molecule has 224 valence electrons. The lowest BCUT2D eigenvalue weighted by molar-refractivity contribution is -0.148. The molecule has 2 bridgehead atoms. The Balaban J connectivity index is 1.86. The molecule has 3 aliphatic rings. The second-order valence-electron chi connectivity index (χ2n) is 12.9. The number of anilines is 1. The summed E-state index contributed by atoms with van der Waals surface area (Å²) in [6, 6.07) is 8.13. The maximum Gasteiger partial charge on any atom is 0.247 e. The number of benzene rings is 1. The Hall–Kier alpha value is -2.10.